The molecule has 44 heavy (non-hydrogen) atoms. The highest BCUT2D eigenvalue weighted by Crippen LogP contribution is 2.44. The molecule has 0 spiro atoms. The molecule has 1 nitrogen and oxygen atoms in total. The number of rotatable bonds is 3. The second-order valence-corrected chi connectivity index (χ2v) is 11.8. The molecule has 0 saturated heterocycles. The first-order valence-electron chi connectivity index (χ1n) is 15.2. The number of benzene rings is 8. The third-order valence-corrected chi connectivity index (χ3v) is 9.10. The summed E-state index contributed by atoms with van der Waals surface area (Å²) in [7, 11) is 0. The first kappa shape index (κ1) is 24.9. The third-order valence-electron chi connectivity index (χ3n) is 9.10. The molecular formula is C43H28O. The van der Waals surface area contributed by atoms with Gasteiger partial charge in [-0.15, -0.1) is 0 Å². The standard InChI is InChI=1S/C43H28O/c1-27-14-23-40-39(24-27)34-22-21-32(26-41(34)44-40)29-15-18-30(19-16-29)42-35-10-4-6-12-37(35)43(38-13-7-5-11-36(38)42)33-20-17-28-8-2-3-9-31(28)25-33/h2-26H,1H3. The molecule has 0 unspecified atom stereocenters. The summed E-state index contributed by atoms with van der Waals surface area (Å²) in [5.74, 6) is 0. The van der Waals surface area contributed by atoms with E-state index in [0.717, 1.165) is 22.1 Å². The zero-order valence-corrected chi connectivity index (χ0v) is 24.3. The Kier molecular flexibility index (Phi) is 5.48. The quantitative estimate of drug-likeness (QED) is 0.196. The molecule has 1 heteroatoms. The number of furan rings is 1. The largest absolute Gasteiger partial charge is 0.456 e. The molecule has 0 saturated carbocycles. The van der Waals surface area contributed by atoms with Gasteiger partial charge in [-0.3, -0.25) is 0 Å². The van der Waals surface area contributed by atoms with Crippen molar-refractivity contribution in [2.45, 2.75) is 6.92 Å². The SMILES string of the molecule is Cc1ccc2oc3cc(-c4ccc(-c5c6ccccc6c(-c6ccc7ccccc7c6)c6ccccc56)cc4)ccc3c2c1. The lowest BCUT2D eigenvalue weighted by molar-refractivity contribution is 0.669. The molecule has 1 aromatic heterocycles. The van der Waals surface area contributed by atoms with Crippen LogP contribution in [0.15, 0.2) is 156 Å². The van der Waals surface area contributed by atoms with Crippen LogP contribution in [0.25, 0.3) is 87.6 Å². The van der Waals surface area contributed by atoms with Crippen molar-refractivity contribution in [3.8, 4) is 33.4 Å². The van der Waals surface area contributed by atoms with Gasteiger partial charge in [0, 0.05) is 10.8 Å². The molecule has 0 radical (unpaired) electrons. The van der Waals surface area contributed by atoms with Crippen LogP contribution in [-0.2, 0) is 0 Å². The van der Waals surface area contributed by atoms with Crippen LogP contribution < -0.4 is 0 Å². The third kappa shape index (κ3) is 3.87. The van der Waals surface area contributed by atoms with Crippen LogP contribution in [0.5, 0.6) is 0 Å². The van der Waals surface area contributed by atoms with Crippen molar-refractivity contribution in [3.05, 3.63) is 157 Å². The summed E-state index contributed by atoms with van der Waals surface area (Å²) in [6.07, 6.45) is 0. The maximum absolute atomic E-state index is 6.23. The van der Waals surface area contributed by atoms with Gasteiger partial charge >= 0.3 is 0 Å². The van der Waals surface area contributed by atoms with E-state index in [4.69, 9.17) is 4.42 Å². The van der Waals surface area contributed by atoms with Gasteiger partial charge in [0.2, 0.25) is 0 Å². The van der Waals surface area contributed by atoms with Gasteiger partial charge in [-0.1, -0.05) is 127 Å². The number of hydrogen-bond acceptors (Lipinski definition) is 1. The highest BCUT2D eigenvalue weighted by molar-refractivity contribution is 6.21. The van der Waals surface area contributed by atoms with E-state index in [1.165, 1.54) is 71.1 Å². The summed E-state index contributed by atoms with van der Waals surface area (Å²) in [6, 6.07) is 55.1. The molecule has 0 aliphatic rings. The maximum Gasteiger partial charge on any atom is 0.136 e. The lowest BCUT2D eigenvalue weighted by atomic mass is 9.85. The summed E-state index contributed by atoms with van der Waals surface area (Å²) < 4.78 is 6.23. The average molecular weight is 561 g/mol. The molecule has 0 amide bonds. The Bertz CT molecular complexity index is 2490. The van der Waals surface area contributed by atoms with Crippen LogP contribution in [0.2, 0.25) is 0 Å². The summed E-state index contributed by atoms with van der Waals surface area (Å²) in [6.45, 7) is 2.12. The molecule has 0 N–H and O–H groups in total. The van der Waals surface area contributed by atoms with Crippen LogP contribution in [0.4, 0.5) is 0 Å². The fourth-order valence-corrected chi connectivity index (χ4v) is 7.00. The first-order valence-corrected chi connectivity index (χ1v) is 15.2. The van der Waals surface area contributed by atoms with E-state index in [0.29, 0.717) is 0 Å². The summed E-state index contributed by atoms with van der Waals surface area (Å²) in [5.41, 5.74) is 10.4. The van der Waals surface area contributed by atoms with Crippen molar-refractivity contribution in [3.63, 3.8) is 0 Å². The smallest absolute Gasteiger partial charge is 0.136 e. The van der Waals surface area contributed by atoms with Crippen molar-refractivity contribution < 1.29 is 4.42 Å². The Morgan fingerprint density at radius 3 is 1.61 bits per heavy atom. The van der Waals surface area contributed by atoms with Gasteiger partial charge < -0.3 is 4.42 Å². The van der Waals surface area contributed by atoms with E-state index in [9.17, 15) is 0 Å². The van der Waals surface area contributed by atoms with Gasteiger partial charge in [0.15, 0.2) is 0 Å². The van der Waals surface area contributed by atoms with E-state index < -0.39 is 0 Å². The van der Waals surface area contributed by atoms with Crippen molar-refractivity contribution in [2.24, 2.45) is 0 Å². The number of hydrogen-bond donors (Lipinski definition) is 0. The number of fused-ring (bicyclic) bond motifs is 6. The normalized spacial score (nSPS) is 11.8. The molecule has 8 aromatic carbocycles. The minimum atomic E-state index is 0.924. The van der Waals surface area contributed by atoms with Gasteiger partial charge in [0.05, 0.1) is 0 Å². The molecule has 0 aliphatic carbocycles. The summed E-state index contributed by atoms with van der Waals surface area (Å²) in [4.78, 5) is 0. The van der Waals surface area contributed by atoms with Crippen LogP contribution in [0.1, 0.15) is 5.56 Å². The first-order chi connectivity index (χ1) is 21.7. The van der Waals surface area contributed by atoms with E-state index in [1.807, 2.05) is 0 Å². The van der Waals surface area contributed by atoms with Gasteiger partial charge in [0.1, 0.15) is 11.2 Å². The van der Waals surface area contributed by atoms with Gasteiger partial charge in [-0.2, -0.15) is 0 Å². The van der Waals surface area contributed by atoms with Crippen molar-refractivity contribution >= 4 is 54.3 Å². The lowest BCUT2D eigenvalue weighted by Gasteiger charge is -2.18. The predicted octanol–water partition coefficient (Wildman–Crippen LogP) is 12.4. The summed E-state index contributed by atoms with van der Waals surface area (Å²) in [5, 5.41) is 9.92. The molecule has 9 rings (SSSR count). The molecular weight excluding hydrogens is 532 g/mol. The average Bonchev–Trinajstić information content (AvgIpc) is 3.44. The Balaban J connectivity index is 1.20. The molecule has 1 heterocycles. The Morgan fingerprint density at radius 2 is 0.909 bits per heavy atom. The Morgan fingerprint density at radius 1 is 0.341 bits per heavy atom. The molecule has 9 aromatic rings. The van der Waals surface area contributed by atoms with Crippen LogP contribution >= 0.6 is 0 Å². The van der Waals surface area contributed by atoms with Crippen molar-refractivity contribution in [1.82, 2.24) is 0 Å². The second-order valence-electron chi connectivity index (χ2n) is 11.8. The predicted molar refractivity (Wildman–Crippen MR) is 187 cm³/mol. The zero-order chi connectivity index (χ0) is 29.2. The zero-order valence-electron chi connectivity index (χ0n) is 24.3. The van der Waals surface area contributed by atoms with Crippen molar-refractivity contribution in [1.29, 1.82) is 0 Å². The van der Waals surface area contributed by atoms with Crippen LogP contribution in [0.3, 0.4) is 0 Å². The maximum atomic E-state index is 6.23. The van der Waals surface area contributed by atoms with E-state index in [-0.39, 0.29) is 0 Å². The van der Waals surface area contributed by atoms with Crippen LogP contribution in [0, 0.1) is 6.92 Å². The molecule has 206 valence electrons. The van der Waals surface area contributed by atoms with Crippen LogP contribution in [-0.4, -0.2) is 0 Å². The molecule has 0 fully saturated rings. The van der Waals surface area contributed by atoms with Gasteiger partial charge in [-0.25, -0.2) is 0 Å². The Labute approximate surface area is 255 Å². The van der Waals surface area contributed by atoms with E-state index in [1.54, 1.807) is 0 Å². The lowest BCUT2D eigenvalue weighted by Crippen LogP contribution is -1.91. The molecule has 0 bridgehead atoms. The van der Waals surface area contributed by atoms with Gasteiger partial charge in [-0.05, 0) is 103 Å². The molecule has 0 aliphatic heterocycles. The monoisotopic (exact) mass is 560 g/mol. The van der Waals surface area contributed by atoms with Gasteiger partial charge in [0.25, 0.3) is 0 Å². The number of aryl methyl sites for hydroxylation is 1. The topological polar surface area (TPSA) is 13.1 Å². The minimum absolute atomic E-state index is 0.924. The fourth-order valence-electron chi connectivity index (χ4n) is 7.00. The highest BCUT2D eigenvalue weighted by Gasteiger charge is 2.17. The highest BCUT2D eigenvalue weighted by atomic mass is 16.3. The fraction of sp³-hybridized carbons (Fsp3) is 0.0233. The van der Waals surface area contributed by atoms with Crippen molar-refractivity contribution in [2.75, 3.05) is 0 Å². The van der Waals surface area contributed by atoms with E-state index in [2.05, 4.69) is 159 Å². The molecule has 0 atom stereocenters. The minimum Gasteiger partial charge on any atom is -0.456 e. The second kappa shape index (κ2) is 9.69. The summed E-state index contributed by atoms with van der Waals surface area (Å²) >= 11 is 0. The van der Waals surface area contributed by atoms with E-state index >= 15 is 0 Å². The Hall–Kier alpha value is -5.66.